The molecule has 1 aliphatic rings. The molecule has 2 aromatic heterocycles. The first-order valence-electron chi connectivity index (χ1n) is 8.16. The molecule has 0 bridgehead atoms. The minimum atomic E-state index is -2.74. The van der Waals surface area contributed by atoms with E-state index in [9.17, 15) is 13.6 Å². The molecule has 4 nitrogen and oxygen atoms in total. The van der Waals surface area contributed by atoms with Crippen LogP contribution >= 0.6 is 11.3 Å². The summed E-state index contributed by atoms with van der Waals surface area (Å²) < 4.78 is 32.8. The van der Waals surface area contributed by atoms with Crippen molar-refractivity contribution >= 4 is 28.3 Å². The molecule has 0 aliphatic heterocycles. The summed E-state index contributed by atoms with van der Waals surface area (Å²) in [5.41, 5.74) is 2.00. The molecular weight excluding hydrogens is 346 g/mol. The lowest BCUT2D eigenvalue weighted by Crippen LogP contribution is -2.09. The van der Waals surface area contributed by atoms with E-state index in [0.717, 1.165) is 30.3 Å². The molecule has 130 valence electrons. The average Bonchev–Trinajstić information content (AvgIpc) is 3.20. The Balaban J connectivity index is 1.55. The van der Waals surface area contributed by atoms with Gasteiger partial charge in [0.05, 0.1) is 11.0 Å². The van der Waals surface area contributed by atoms with Gasteiger partial charge in [-0.05, 0) is 49.4 Å². The van der Waals surface area contributed by atoms with Gasteiger partial charge < -0.3 is 4.74 Å². The summed E-state index contributed by atoms with van der Waals surface area (Å²) in [5.74, 6) is -0.432. The zero-order valence-corrected chi connectivity index (χ0v) is 14.2. The number of thiophene rings is 1. The van der Waals surface area contributed by atoms with Crippen molar-refractivity contribution < 1.29 is 18.3 Å². The fourth-order valence-corrected chi connectivity index (χ4v) is 4.35. The first kappa shape index (κ1) is 16.2. The lowest BCUT2D eigenvalue weighted by molar-refractivity contribution is 0.0392. The number of halogens is 2. The normalized spacial score (nSPS) is 14.0. The van der Waals surface area contributed by atoms with E-state index in [1.165, 1.54) is 21.8 Å². The number of aromatic nitrogens is 2. The molecule has 7 heteroatoms. The molecule has 0 amide bonds. The molecule has 2 heterocycles. The number of esters is 1. The summed E-state index contributed by atoms with van der Waals surface area (Å²) in [5, 5.41) is 0. The Morgan fingerprint density at radius 1 is 1.28 bits per heavy atom. The topological polar surface area (TPSA) is 44.1 Å². The van der Waals surface area contributed by atoms with Crippen molar-refractivity contribution in [3.8, 4) is 0 Å². The SMILES string of the molecule is O=C(OCc1nc2ccccc2n1C(F)F)c1cc2c(s1)CCCC2. The van der Waals surface area contributed by atoms with Gasteiger partial charge in [-0.3, -0.25) is 4.57 Å². The van der Waals surface area contributed by atoms with Crippen LogP contribution in [0.2, 0.25) is 0 Å². The van der Waals surface area contributed by atoms with Crippen molar-refractivity contribution in [3.63, 3.8) is 0 Å². The standard InChI is InChI=1S/C18H16F2N2O2S/c19-18(20)22-13-7-3-2-6-12(13)21-16(22)10-24-17(23)15-9-11-5-1-4-8-14(11)25-15/h2-3,6-7,9,18H,1,4-5,8,10H2. The van der Waals surface area contributed by atoms with E-state index in [1.807, 2.05) is 6.07 Å². The third-order valence-electron chi connectivity index (χ3n) is 4.39. The fraction of sp³-hybridized carbons (Fsp3) is 0.333. The lowest BCUT2D eigenvalue weighted by Gasteiger charge is -2.08. The molecule has 0 saturated heterocycles. The maximum Gasteiger partial charge on any atom is 0.348 e. The number of imidazole rings is 1. The van der Waals surface area contributed by atoms with Gasteiger partial charge in [0, 0.05) is 4.88 Å². The van der Waals surface area contributed by atoms with Gasteiger partial charge in [0.15, 0.2) is 5.82 Å². The highest BCUT2D eigenvalue weighted by atomic mass is 32.1. The monoisotopic (exact) mass is 362 g/mol. The van der Waals surface area contributed by atoms with Gasteiger partial charge in [0.1, 0.15) is 11.5 Å². The number of alkyl halides is 2. The summed E-state index contributed by atoms with van der Waals surface area (Å²) in [6.45, 7) is -3.02. The number of nitrogens with zero attached hydrogens (tertiary/aromatic N) is 2. The Kier molecular flexibility index (Phi) is 4.25. The van der Waals surface area contributed by atoms with Crippen molar-refractivity contribution in [1.82, 2.24) is 9.55 Å². The highest BCUT2D eigenvalue weighted by molar-refractivity contribution is 7.14. The molecule has 25 heavy (non-hydrogen) atoms. The van der Waals surface area contributed by atoms with Crippen LogP contribution < -0.4 is 0 Å². The van der Waals surface area contributed by atoms with Crippen LogP contribution in [0.5, 0.6) is 0 Å². The van der Waals surface area contributed by atoms with E-state index < -0.39 is 12.5 Å². The van der Waals surface area contributed by atoms with Crippen molar-refractivity contribution in [2.45, 2.75) is 38.8 Å². The van der Waals surface area contributed by atoms with Crippen LogP contribution in [0.4, 0.5) is 8.78 Å². The summed E-state index contributed by atoms with van der Waals surface area (Å²) >= 11 is 1.44. The van der Waals surface area contributed by atoms with Gasteiger partial charge in [-0.2, -0.15) is 8.78 Å². The number of rotatable bonds is 4. The van der Waals surface area contributed by atoms with Gasteiger partial charge in [0.25, 0.3) is 0 Å². The highest BCUT2D eigenvalue weighted by Crippen LogP contribution is 2.30. The largest absolute Gasteiger partial charge is 0.453 e. The first-order valence-corrected chi connectivity index (χ1v) is 8.98. The van der Waals surface area contributed by atoms with E-state index in [4.69, 9.17) is 4.74 Å². The van der Waals surface area contributed by atoms with Crippen LogP contribution in [-0.2, 0) is 24.2 Å². The Morgan fingerprint density at radius 2 is 2.08 bits per heavy atom. The minimum absolute atomic E-state index is 0.0471. The van der Waals surface area contributed by atoms with Crippen LogP contribution in [0.15, 0.2) is 30.3 Å². The van der Waals surface area contributed by atoms with Gasteiger partial charge in [-0.1, -0.05) is 12.1 Å². The zero-order chi connectivity index (χ0) is 17.4. The molecule has 1 aliphatic carbocycles. The molecule has 0 saturated carbocycles. The number of benzene rings is 1. The quantitative estimate of drug-likeness (QED) is 0.630. The third-order valence-corrected chi connectivity index (χ3v) is 5.61. The molecule has 0 fully saturated rings. The molecule has 1 aromatic carbocycles. The fourth-order valence-electron chi connectivity index (χ4n) is 3.21. The molecule has 3 aromatic rings. The smallest absolute Gasteiger partial charge is 0.348 e. The predicted molar refractivity (Wildman–Crippen MR) is 91.1 cm³/mol. The number of aryl methyl sites for hydroxylation is 2. The summed E-state index contributed by atoms with van der Waals surface area (Å²) in [7, 11) is 0. The van der Waals surface area contributed by atoms with Crippen molar-refractivity contribution in [1.29, 1.82) is 0 Å². The Hall–Kier alpha value is -2.28. The van der Waals surface area contributed by atoms with Crippen LogP contribution in [-0.4, -0.2) is 15.5 Å². The van der Waals surface area contributed by atoms with Crippen molar-refractivity contribution in [2.75, 3.05) is 0 Å². The second-order valence-electron chi connectivity index (χ2n) is 6.01. The van der Waals surface area contributed by atoms with Crippen LogP contribution in [0.25, 0.3) is 11.0 Å². The van der Waals surface area contributed by atoms with Crippen LogP contribution in [0.3, 0.4) is 0 Å². The molecule has 0 atom stereocenters. The maximum atomic E-state index is 13.4. The van der Waals surface area contributed by atoms with Crippen LogP contribution in [0.1, 0.15) is 45.3 Å². The van der Waals surface area contributed by atoms with Gasteiger partial charge in [-0.15, -0.1) is 11.3 Å². The molecule has 0 N–H and O–H groups in total. The minimum Gasteiger partial charge on any atom is -0.453 e. The number of para-hydroxylation sites is 2. The van der Waals surface area contributed by atoms with Crippen molar-refractivity contribution in [3.05, 3.63) is 51.5 Å². The van der Waals surface area contributed by atoms with Gasteiger partial charge in [0.2, 0.25) is 0 Å². The van der Waals surface area contributed by atoms with E-state index in [0.29, 0.717) is 15.9 Å². The summed E-state index contributed by atoms with van der Waals surface area (Å²) in [6, 6.07) is 8.52. The summed E-state index contributed by atoms with van der Waals surface area (Å²) in [6.07, 6.45) is 4.26. The summed E-state index contributed by atoms with van der Waals surface area (Å²) in [4.78, 5) is 18.2. The number of fused-ring (bicyclic) bond motifs is 2. The third kappa shape index (κ3) is 3.04. The number of ether oxygens (including phenoxy) is 1. The first-order chi connectivity index (χ1) is 12.1. The molecule has 0 radical (unpaired) electrons. The molecule has 0 spiro atoms. The van der Waals surface area contributed by atoms with E-state index in [1.54, 1.807) is 24.3 Å². The maximum absolute atomic E-state index is 13.4. The average molecular weight is 362 g/mol. The number of hydrogen-bond acceptors (Lipinski definition) is 4. The van der Waals surface area contributed by atoms with E-state index in [-0.39, 0.29) is 12.4 Å². The molecular formula is C18H16F2N2O2S. The van der Waals surface area contributed by atoms with E-state index in [2.05, 4.69) is 4.98 Å². The predicted octanol–water partition coefficient (Wildman–Crippen LogP) is 4.73. The van der Waals surface area contributed by atoms with Crippen LogP contribution in [0, 0.1) is 0 Å². The van der Waals surface area contributed by atoms with Gasteiger partial charge >= 0.3 is 12.5 Å². The lowest BCUT2D eigenvalue weighted by atomic mass is 9.99. The Bertz CT molecular complexity index is 909. The Labute approximate surface area is 147 Å². The number of carbonyl (C=O) groups is 1. The second kappa shape index (κ2) is 6.55. The molecule has 0 unspecified atom stereocenters. The zero-order valence-electron chi connectivity index (χ0n) is 13.4. The van der Waals surface area contributed by atoms with Crippen molar-refractivity contribution in [2.24, 2.45) is 0 Å². The van der Waals surface area contributed by atoms with E-state index >= 15 is 0 Å². The number of hydrogen-bond donors (Lipinski definition) is 0. The number of carbonyl (C=O) groups excluding carboxylic acids is 1. The molecule has 4 rings (SSSR count). The second-order valence-corrected chi connectivity index (χ2v) is 7.14. The van der Waals surface area contributed by atoms with Gasteiger partial charge in [-0.25, -0.2) is 9.78 Å². The highest BCUT2D eigenvalue weighted by Gasteiger charge is 2.21. The Morgan fingerprint density at radius 3 is 2.88 bits per heavy atom.